The second kappa shape index (κ2) is 4.55. The van der Waals surface area contributed by atoms with Crippen LogP contribution in [0.2, 0.25) is 0 Å². The van der Waals surface area contributed by atoms with Crippen LogP contribution in [0.4, 0.5) is 0 Å². The molecule has 0 aromatic carbocycles. The van der Waals surface area contributed by atoms with Gasteiger partial charge in [-0.3, -0.25) is 4.57 Å². The van der Waals surface area contributed by atoms with Crippen LogP contribution in [0.1, 0.15) is 12.5 Å². The minimum absolute atomic E-state index is 0.955. The maximum Gasteiger partial charge on any atom is 0.145 e. The van der Waals surface area contributed by atoms with Gasteiger partial charge in [-0.2, -0.15) is 0 Å². The molecule has 1 aromatic rings. The van der Waals surface area contributed by atoms with E-state index < -0.39 is 0 Å². The molecule has 0 aliphatic carbocycles. The van der Waals surface area contributed by atoms with Gasteiger partial charge in [0.05, 0.1) is 5.03 Å². The molecule has 14 heavy (non-hydrogen) atoms. The Labute approximate surface area is 97.9 Å². The Morgan fingerprint density at radius 1 is 1.71 bits per heavy atom. The van der Waals surface area contributed by atoms with Crippen LogP contribution in [0.5, 0.6) is 0 Å². The summed E-state index contributed by atoms with van der Waals surface area (Å²) >= 11 is 8.92. The molecule has 0 spiro atoms. The Bertz CT molecular complexity index is 379. The molecule has 0 saturated heterocycles. The molecule has 0 unspecified atom stereocenters. The highest BCUT2D eigenvalue weighted by atomic mass is 32.2. The van der Waals surface area contributed by atoms with Crippen molar-refractivity contribution in [3.8, 4) is 0 Å². The summed E-state index contributed by atoms with van der Waals surface area (Å²) in [5, 5.41) is 1.29. The zero-order chi connectivity index (χ0) is 9.97. The van der Waals surface area contributed by atoms with E-state index in [0.29, 0.717) is 0 Å². The summed E-state index contributed by atoms with van der Waals surface area (Å²) in [5.41, 5.74) is 1.29. The van der Waals surface area contributed by atoms with E-state index in [1.807, 2.05) is 11.8 Å². The average Bonchev–Trinajstić information content (AvgIpc) is 2.61. The third-order valence-electron chi connectivity index (χ3n) is 1.95. The van der Waals surface area contributed by atoms with Crippen LogP contribution in [0, 0.1) is 0 Å². The van der Waals surface area contributed by atoms with E-state index in [-0.39, 0.29) is 0 Å². The number of rotatable bonds is 1. The minimum Gasteiger partial charge on any atom is -0.296 e. The number of fused-ring (bicyclic) bond motifs is 1. The molecular formula is C10H11NS3. The fourth-order valence-electron chi connectivity index (χ4n) is 1.35. The van der Waals surface area contributed by atoms with Gasteiger partial charge < -0.3 is 0 Å². The van der Waals surface area contributed by atoms with Crippen LogP contribution >= 0.6 is 35.7 Å². The van der Waals surface area contributed by atoms with Crippen molar-refractivity contribution < 1.29 is 0 Å². The third kappa shape index (κ3) is 1.92. The van der Waals surface area contributed by atoms with Gasteiger partial charge in [0.2, 0.25) is 0 Å². The Morgan fingerprint density at radius 2 is 2.57 bits per heavy atom. The first-order valence-corrected chi connectivity index (χ1v) is 6.88. The first-order chi connectivity index (χ1) is 6.83. The van der Waals surface area contributed by atoms with Crippen LogP contribution in [-0.2, 0) is 0 Å². The molecule has 0 atom stereocenters. The molecule has 4 heteroatoms. The summed E-state index contributed by atoms with van der Waals surface area (Å²) in [7, 11) is 0. The van der Waals surface area contributed by atoms with Crippen LogP contribution in [-0.4, -0.2) is 20.4 Å². The van der Waals surface area contributed by atoms with E-state index >= 15 is 0 Å². The van der Waals surface area contributed by atoms with E-state index in [0.717, 1.165) is 15.8 Å². The highest BCUT2D eigenvalue weighted by molar-refractivity contribution is 8.23. The van der Waals surface area contributed by atoms with Crippen LogP contribution in [0.3, 0.4) is 0 Å². The van der Waals surface area contributed by atoms with Crippen molar-refractivity contribution in [2.45, 2.75) is 11.9 Å². The van der Waals surface area contributed by atoms with E-state index in [1.165, 1.54) is 10.6 Å². The lowest BCUT2D eigenvalue weighted by atomic mass is 10.3. The van der Waals surface area contributed by atoms with Gasteiger partial charge in [-0.25, -0.2) is 0 Å². The lowest BCUT2D eigenvalue weighted by Gasteiger charge is -2.11. The standard InChI is InChI=1S/C10H11NS3/c1-2-13-10(12)11-6-5-8-4-3-7-14-9(8)11/h3-6H,2,7H2,1H3. The van der Waals surface area contributed by atoms with E-state index in [4.69, 9.17) is 12.2 Å². The highest BCUT2D eigenvalue weighted by Crippen LogP contribution is 2.30. The van der Waals surface area contributed by atoms with Crippen molar-refractivity contribution in [3.63, 3.8) is 0 Å². The van der Waals surface area contributed by atoms with Gasteiger partial charge in [-0.1, -0.05) is 43.1 Å². The molecule has 1 aliphatic rings. The number of nitrogens with zero attached hydrogens (tertiary/aromatic N) is 1. The maximum absolute atomic E-state index is 5.35. The molecule has 74 valence electrons. The second-order valence-corrected chi connectivity index (χ2v) is 5.77. The van der Waals surface area contributed by atoms with Gasteiger partial charge in [-0.05, 0) is 11.8 Å². The minimum atomic E-state index is 0.955. The summed E-state index contributed by atoms with van der Waals surface area (Å²) in [6, 6.07) is 2.13. The average molecular weight is 241 g/mol. The van der Waals surface area contributed by atoms with Crippen LogP contribution < -0.4 is 0 Å². The van der Waals surface area contributed by atoms with Crippen molar-refractivity contribution in [3.05, 3.63) is 23.9 Å². The molecule has 1 aliphatic heterocycles. The zero-order valence-corrected chi connectivity index (χ0v) is 10.3. The molecule has 0 fully saturated rings. The Kier molecular flexibility index (Phi) is 3.36. The predicted octanol–water partition coefficient (Wildman–Crippen LogP) is 3.49. The number of thioether (sulfide) groups is 2. The van der Waals surface area contributed by atoms with Crippen molar-refractivity contribution in [2.75, 3.05) is 11.5 Å². The molecule has 1 aromatic heterocycles. The summed E-state index contributed by atoms with van der Waals surface area (Å²) in [4.78, 5) is 0. The van der Waals surface area contributed by atoms with Gasteiger partial charge in [0.15, 0.2) is 0 Å². The third-order valence-corrected chi connectivity index (χ3v) is 4.29. The fourth-order valence-corrected chi connectivity index (χ4v) is 3.46. The summed E-state index contributed by atoms with van der Waals surface area (Å²) < 4.78 is 3.07. The summed E-state index contributed by atoms with van der Waals surface area (Å²) in [5.74, 6) is 2.09. The Balaban J connectivity index is 2.31. The molecule has 0 saturated carbocycles. The van der Waals surface area contributed by atoms with Gasteiger partial charge in [-0.15, -0.1) is 11.8 Å². The molecule has 2 heterocycles. The van der Waals surface area contributed by atoms with Gasteiger partial charge in [0.1, 0.15) is 4.32 Å². The van der Waals surface area contributed by atoms with E-state index in [1.54, 1.807) is 11.8 Å². The summed E-state index contributed by atoms with van der Waals surface area (Å²) in [6.07, 6.45) is 6.42. The number of aromatic nitrogens is 1. The summed E-state index contributed by atoms with van der Waals surface area (Å²) in [6.45, 7) is 2.12. The quantitative estimate of drug-likeness (QED) is 0.694. The molecule has 0 radical (unpaired) electrons. The topological polar surface area (TPSA) is 4.93 Å². The fraction of sp³-hybridized carbons (Fsp3) is 0.300. The maximum atomic E-state index is 5.35. The van der Waals surface area contributed by atoms with Gasteiger partial charge in [0.25, 0.3) is 0 Å². The normalized spacial score (nSPS) is 14.1. The van der Waals surface area contributed by atoms with Crippen molar-refractivity contribution in [1.82, 2.24) is 4.57 Å². The lowest BCUT2D eigenvalue weighted by Crippen LogP contribution is -2.06. The largest absolute Gasteiger partial charge is 0.296 e. The van der Waals surface area contributed by atoms with E-state index in [9.17, 15) is 0 Å². The van der Waals surface area contributed by atoms with Crippen molar-refractivity contribution >= 4 is 46.1 Å². The first kappa shape index (κ1) is 10.3. The zero-order valence-electron chi connectivity index (χ0n) is 7.90. The van der Waals surface area contributed by atoms with Gasteiger partial charge >= 0.3 is 0 Å². The molecule has 0 amide bonds. The number of hydrogen-bond donors (Lipinski definition) is 0. The van der Waals surface area contributed by atoms with Crippen LogP contribution in [0.25, 0.3) is 6.08 Å². The predicted molar refractivity (Wildman–Crippen MR) is 70.3 cm³/mol. The smallest absolute Gasteiger partial charge is 0.145 e. The first-order valence-electron chi connectivity index (χ1n) is 4.50. The van der Waals surface area contributed by atoms with Crippen molar-refractivity contribution in [2.24, 2.45) is 0 Å². The lowest BCUT2D eigenvalue weighted by molar-refractivity contribution is 1.05. The second-order valence-electron chi connectivity index (χ2n) is 2.86. The number of hydrogen-bond acceptors (Lipinski definition) is 3. The molecular weight excluding hydrogens is 230 g/mol. The molecule has 2 rings (SSSR count). The number of thiocarbonyl (C=S) groups is 1. The Hall–Kier alpha value is -0.190. The molecule has 0 bridgehead atoms. The SMILES string of the molecule is CCSC(=S)n1ccc2c1SCC=C2. The molecule has 0 N–H and O–H groups in total. The monoisotopic (exact) mass is 241 g/mol. The highest BCUT2D eigenvalue weighted by Gasteiger charge is 2.12. The van der Waals surface area contributed by atoms with E-state index in [2.05, 4.69) is 35.9 Å². The van der Waals surface area contributed by atoms with Gasteiger partial charge in [0, 0.05) is 17.5 Å². The Morgan fingerprint density at radius 3 is 3.36 bits per heavy atom. The van der Waals surface area contributed by atoms with Crippen molar-refractivity contribution in [1.29, 1.82) is 0 Å². The van der Waals surface area contributed by atoms with Crippen LogP contribution in [0.15, 0.2) is 23.4 Å². The molecule has 1 nitrogen and oxygen atoms in total.